The first-order valence-corrected chi connectivity index (χ1v) is 17.7. The van der Waals surface area contributed by atoms with Crippen LogP contribution < -0.4 is 0 Å². The number of hydrogen-bond acceptors (Lipinski definition) is 11. The quantitative estimate of drug-likeness (QED) is 0.0699. The summed E-state index contributed by atoms with van der Waals surface area (Å²) in [4.78, 5) is 0. The van der Waals surface area contributed by atoms with Crippen LogP contribution in [0.1, 0.15) is 44.9 Å². The van der Waals surface area contributed by atoms with Gasteiger partial charge in [0.15, 0.2) is 11.9 Å². The van der Waals surface area contributed by atoms with E-state index < -0.39 is 71.1 Å². The van der Waals surface area contributed by atoms with Gasteiger partial charge in [-0.2, -0.15) is 0 Å². The van der Waals surface area contributed by atoms with Crippen molar-refractivity contribution in [3.63, 3.8) is 0 Å². The van der Waals surface area contributed by atoms with Gasteiger partial charge in [0.05, 0.1) is 26.4 Å². The number of ether oxygens (including phenoxy) is 6. The largest absolute Gasteiger partial charge is 0.394 e. The maximum atomic E-state index is 13.2. The molecular weight excluding hydrogens is 680 g/mol. The van der Waals surface area contributed by atoms with Crippen LogP contribution in [0.3, 0.4) is 0 Å². The summed E-state index contributed by atoms with van der Waals surface area (Å²) in [5.74, 6) is -2.40. The summed E-state index contributed by atoms with van der Waals surface area (Å²) >= 11 is 0. The average molecular weight is 743 g/mol. The molecule has 2 rings (SSSR count). The van der Waals surface area contributed by atoms with Crippen molar-refractivity contribution in [3.05, 3.63) is 127 Å². The molecule has 9 atom stereocenters. The van der Waals surface area contributed by atoms with Gasteiger partial charge in [-0.05, 0) is 25.7 Å². The van der Waals surface area contributed by atoms with E-state index in [0.29, 0.717) is 0 Å². The van der Waals surface area contributed by atoms with Crippen LogP contribution in [-0.4, -0.2) is 116 Å². The molecule has 0 bridgehead atoms. The van der Waals surface area contributed by atoms with Gasteiger partial charge in [0.2, 0.25) is 5.79 Å². The van der Waals surface area contributed by atoms with Gasteiger partial charge in [-0.25, -0.2) is 0 Å². The monoisotopic (exact) mass is 742 g/mol. The summed E-state index contributed by atoms with van der Waals surface area (Å²) in [5, 5.41) is 56.8. The topological polar surface area (TPSA) is 157 Å². The van der Waals surface area contributed by atoms with E-state index in [9.17, 15) is 25.5 Å². The number of aliphatic hydroxyl groups is 5. The summed E-state index contributed by atoms with van der Waals surface area (Å²) in [6.45, 7) is 38.9. The molecule has 0 aromatic carbocycles. The van der Waals surface area contributed by atoms with Crippen LogP contribution in [-0.2, 0) is 28.4 Å². The molecule has 0 aromatic heterocycles. The van der Waals surface area contributed by atoms with Gasteiger partial charge in [-0.15, -0.1) is 65.8 Å². The lowest BCUT2D eigenvalue weighted by atomic mass is 9.57. The zero-order chi connectivity index (χ0) is 40.0. The molecule has 0 spiro atoms. The van der Waals surface area contributed by atoms with Crippen molar-refractivity contribution in [2.45, 2.75) is 109 Å². The Hall–Kier alpha value is -3.04. The van der Waals surface area contributed by atoms with Crippen molar-refractivity contribution < 1.29 is 54.0 Å². The van der Waals surface area contributed by atoms with E-state index in [4.69, 9.17) is 28.4 Å². The molecule has 0 aromatic rings. The molecule has 2 aliphatic rings. The van der Waals surface area contributed by atoms with Crippen LogP contribution >= 0.6 is 0 Å². The maximum Gasteiger partial charge on any atom is 0.234 e. The van der Waals surface area contributed by atoms with Crippen molar-refractivity contribution in [2.75, 3.05) is 26.4 Å². The Balaban J connectivity index is 3.58. The fraction of sp³-hybridized carbons (Fsp3) is 0.524. The third kappa shape index (κ3) is 7.76. The third-order valence-corrected chi connectivity index (χ3v) is 10.2. The Morgan fingerprint density at radius 1 is 0.585 bits per heavy atom. The zero-order valence-electron chi connectivity index (χ0n) is 31.2. The van der Waals surface area contributed by atoms with Gasteiger partial charge in [0.1, 0.15) is 46.8 Å². The highest BCUT2D eigenvalue weighted by Gasteiger charge is 2.88. The lowest BCUT2D eigenvalue weighted by Gasteiger charge is -2.58. The van der Waals surface area contributed by atoms with Crippen molar-refractivity contribution in [2.24, 2.45) is 0 Å². The van der Waals surface area contributed by atoms with E-state index in [1.165, 1.54) is 30.4 Å². The summed E-state index contributed by atoms with van der Waals surface area (Å²) in [6, 6.07) is 0. The minimum atomic E-state index is -2.40. The van der Waals surface area contributed by atoms with Crippen molar-refractivity contribution >= 4 is 0 Å². The minimum absolute atomic E-state index is 0.0439. The minimum Gasteiger partial charge on any atom is -0.394 e. The fourth-order valence-corrected chi connectivity index (χ4v) is 8.23. The Morgan fingerprint density at radius 3 is 1.53 bits per heavy atom. The summed E-state index contributed by atoms with van der Waals surface area (Å²) < 4.78 is 41.6. The Bertz CT molecular complexity index is 1290. The fourth-order valence-electron chi connectivity index (χ4n) is 8.23. The van der Waals surface area contributed by atoms with E-state index in [-0.39, 0.29) is 64.8 Å². The van der Waals surface area contributed by atoms with Crippen molar-refractivity contribution in [1.82, 2.24) is 0 Å². The first kappa shape index (κ1) is 46.1. The highest BCUT2D eigenvalue weighted by molar-refractivity contribution is 5.37. The second-order valence-corrected chi connectivity index (χ2v) is 13.3. The first-order chi connectivity index (χ1) is 25.3. The van der Waals surface area contributed by atoms with E-state index in [1.807, 2.05) is 0 Å². The van der Waals surface area contributed by atoms with Gasteiger partial charge in [0, 0.05) is 19.3 Å². The number of rotatable bonds is 28. The second-order valence-electron chi connectivity index (χ2n) is 13.3. The molecular formula is C42H62O11. The molecule has 2 aliphatic heterocycles. The van der Waals surface area contributed by atoms with Gasteiger partial charge in [0.25, 0.3) is 0 Å². The summed E-state index contributed by atoms with van der Waals surface area (Å²) in [5.41, 5.74) is -9.50. The predicted octanol–water partition coefficient (Wildman–Crippen LogP) is 4.86. The molecule has 0 radical (unpaired) electrons. The lowest BCUT2D eigenvalue weighted by molar-refractivity contribution is -0.443. The normalized spacial score (nSPS) is 33.0. The molecule has 2 saturated heterocycles. The number of hydrogen-bond donors (Lipinski definition) is 5. The molecule has 11 heteroatoms. The maximum absolute atomic E-state index is 13.2. The molecule has 0 amide bonds. The lowest BCUT2D eigenvalue weighted by Crippen LogP contribution is -2.77. The number of aliphatic hydroxyl groups excluding tert-OH is 4. The Kier molecular flexibility index (Phi) is 17.4. The molecule has 0 saturated carbocycles. The van der Waals surface area contributed by atoms with Crippen molar-refractivity contribution in [1.29, 1.82) is 0 Å². The summed E-state index contributed by atoms with van der Waals surface area (Å²) in [7, 11) is 0. The van der Waals surface area contributed by atoms with Crippen LogP contribution in [0.5, 0.6) is 0 Å². The van der Waals surface area contributed by atoms with E-state index in [0.717, 1.165) is 0 Å². The molecule has 5 N–H and O–H groups in total. The van der Waals surface area contributed by atoms with E-state index >= 15 is 0 Å². The van der Waals surface area contributed by atoms with Crippen molar-refractivity contribution in [3.8, 4) is 0 Å². The molecule has 53 heavy (non-hydrogen) atoms. The van der Waals surface area contributed by atoms with Gasteiger partial charge in [-0.1, -0.05) is 60.8 Å². The van der Waals surface area contributed by atoms with Gasteiger partial charge < -0.3 is 54.0 Å². The smallest absolute Gasteiger partial charge is 0.234 e. The third-order valence-electron chi connectivity index (χ3n) is 10.2. The Labute approximate surface area is 315 Å². The zero-order valence-corrected chi connectivity index (χ0v) is 31.2. The van der Waals surface area contributed by atoms with Gasteiger partial charge in [-0.3, -0.25) is 0 Å². The molecule has 11 nitrogen and oxygen atoms in total. The molecule has 0 unspecified atom stereocenters. The standard InChI is InChI=1S/C42H62O11/c1-11-21-37(47,22-12-2)39(25-15-5)40(26-16-6,49-29-19-9)41(27-17-7,50-30-20-10)42(53-39,38(23-13-3,24-14-4)48-28-18-8)52-36-35(46)34(45)33(44)32(31-43)51-36/h11-20,32-36,43-47H,1-10,21-31H2/t32-,33-,34+,35-,36-,39-,40-,41+,42-/m1/s1. The van der Waals surface area contributed by atoms with Crippen LogP contribution in [0, 0.1) is 0 Å². The SMILES string of the molecule is C=CCOC(CC=C)(CC=C)[C@@]1(O[C@H]2O[C@H](CO)[C@@H](O)[C@H](O)[C@H]2O)O[C@](CC=C)(C(O)(CC=C)CC=C)[C@@](CC=C)(OCC=C)[C@]1(CC=C)OCC=C. The highest BCUT2D eigenvalue weighted by atomic mass is 16.8. The van der Waals surface area contributed by atoms with Crippen LogP contribution in [0.25, 0.3) is 0 Å². The second kappa shape index (κ2) is 20.0. The highest BCUT2D eigenvalue weighted by Crippen LogP contribution is 2.69. The van der Waals surface area contributed by atoms with Crippen LogP contribution in [0.15, 0.2) is 127 Å². The predicted molar refractivity (Wildman–Crippen MR) is 207 cm³/mol. The average Bonchev–Trinajstić information content (AvgIpc) is 3.33. The molecule has 2 fully saturated rings. The van der Waals surface area contributed by atoms with Gasteiger partial charge >= 0.3 is 0 Å². The van der Waals surface area contributed by atoms with E-state index in [2.05, 4.69) is 65.8 Å². The molecule has 0 aliphatic carbocycles. The first-order valence-electron chi connectivity index (χ1n) is 17.7. The Morgan fingerprint density at radius 2 is 1.08 bits per heavy atom. The van der Waals surface area contributed by atoms with E-state index in [1.54, 1.807) is 30.4 Å². The summed E-state index contributed by atoms with van der Waals surface area (Å²) in [6.07, 6.45) is 6.24. The van der Waals surface area contributed by atoms with Crippen LogP contribution in [0.2, 0.25) is 0 Å². The van der Waals surface area contributed by atoms with Crippen LogP contribution in [0.4, 0.5) is 0 Å². The molecule has 2 heterocycles. The molecule has 296 valence electrons.